The van der Waals surface area contributed by atoms with Crippen LogP contribution in [0.5, 0.6) is 0 Å². The fraction of sp³-hybridized carbons (Fsp3) is 0.200. The standard InChI is InChI=1S/C15H13F2N/c1-4-9-12(16)6-5-10-14(9)11(8(2)3)7-13(18)15(10)17/h1,5-8H,18H2,2-3H3. The van der Waals surface area contributed by atoms with Crippen LogP contribution in [0.15, 0.2) is 18.2 Å². The summed E-state index contributed by atoms with van der Waals surface area (Å²) in [6.45, 7) is 3.86. The molecule has 2 N–H and O–H groups in total. The van der Waals surface area contributed by atoms with Gasteiger partial charge >= 0.3 is 0 Å². The van der Waals surface area contributed by atoms with E-state index in [0.717, 1.165) is 5.56 Å². The highest BCUT2D eigenvalue weighted by Crippen LogP contribution is 2.34. The van der Waals surface area contributed by atoms with Crippen LogP contribution in [0.4, 0.5) is 14.5 Å². The predicted molar refractivity (Wildman–Crippen MR) is 70.3 cm³/mol. The lowest BCUT2D eigenvalue weighted by Crippen LogP contribution is -2.01. The van der Waals surface area contributed by atoms with Crippen molar-refractivity contribution in [3.05, 3.63) is 41.0 Å². The van der Waals surface area contributed by atoms with Gasteiger partial charge in [0, 0.05) is 10.8 Å². The molecule has 18 heavy (non-hydrogen) atoms. The van der Waals surface area contributed by atoms with Crippen molar-refractivity contribution in [2.45, 2.75) is 19.8 Å². The van der Waals surface area contributed by atoms with Gasteiger partial charge in [-0.25, -0.2) is 8.78 Å². The van der Waals surface area contributed by atoms with Gasteiger partial charge in [-0.15, -0.1) is 6.42 Å². The average molecular weight is 245 g/mol. The lowest BCUT2D eigenvalue weighted by molar-refractivity contribution is 0.624. The minimum absolute atomic E-state index is 0.0563. The Balaban J connectivity index is 3.06. The molecule has 0 amide bonds. The van der Waals surface area contributed by atoms with Crippen LogP contribution in [-0.4, -0.2) is 0 Å². The van der Waals surface area contributed by atoms with Gasteiger partial charge in [-0.05, 0) is 29.7 Å². The molecule has 0 saturated carbocycles. The van der Waals surface area contributed by atoms with Crippen molar-refractivity contribution >= 4 is 16.5 Å². The molecular weight excluding hydrogens is 232 g/mol. The van der Waals surface area contributed by atoms with E-state index in [2.05, 4.69) is 5.92 Å². The van der Waals surface area contributed by atoms with Crippen LogP contribution in [0.1, 0.15) is 30.9 Å². The third-order valence-electron chi connectivity index (χ3n) is 3.01. The Labute approximate surface area is 105 Å². The van der Waals surface area contributed by atoms with Crippen molar-refractivity contribution < 1.29 is 8.78 Å². The summed E-state index contributed by atoms with van der Waals surface area (Å²) in [5.41, 5.74) is 6.54. The Morgan fingerprint density at radius 1 is 1.28 bits per heavy atom. The molecule has 0 aliphatic heterocycles. The predicted octanol–water partition coefficient (Wildman–Crippen LogP) is 3.80. The number of rotatable bonds is 1. The second-order valence-electron chi connectivity index (χ2n) is 4.51. The summed E-state index contributed by atoms with van der Waals surface area (Å²) >= 11 is 0. The first kappa shape index (κ1) is 12.4. The molecule has 0 radical (unpaired) electrons. The van der Waals surface area contributed by atoms with E-state index in [1.165, 1.54) is 18.2 Å². The first-order valence-corrected chi connectivity index (χ1v) is 5.64. The molecule has 3 heteroatoms. The van der Waals surface area contributed by atoms with Gasteiger partial charge in [0.05, 0.1) is 11.3 Å². The topological polar surface area (TPSA) is 26.0 Å². The number of hydrogen-bond donors (Lipinski definition) is 1. The molecule has 0 aliphatic rings. The Hall–Kier alpha value is -2.08. The molecule has 2 rings (SSSR count). The SMILES string of the molecule is C#Cc1c(F)ccc2c(F)c(N)cc(C(C)C)c12. The second-order valence-corrected chi connectivity index (χ2v) is 4.51. The van der Waals surface area contributed by atoms with E-state index in [4.69, 9.17) is 12.2 Å². The van der Waals surface area contributed by atoms with E-state index in [0.29, 0.717) is 5.39 Å². The van der Waals surface area contributed by atoms with Crippen LogP contribution < -0.4 is 5.73 Å². The summed E-state index contributed by atoms with van der Waals surface area (Å²) in [4.78, 5) is 0. The van der Waals surface area contributed by atoms with E-state index in [-0.39, 0.29) is 22.6 Å². The number of anilines is 1. The van der Waals surface area contributed by atoms with E-state index in [1.54, 1.807) is 0 Å². The maximum atomic E-state index is 14.0. The molecule has 0 unspecified atom stereocenters. The van der Waals surface area contributed by atoms with Crippen LogP contribution in [-0.2, 0) is 0 Å². The Morgan fingerprint density at radius 2 is 1.94 bits per heavy atom. The van der Waals surface area contributed by atoms with Gasteiger partial charge in [0.2, 0.25) is 0 Å². The highest BCUT2D eigenvalue weighted by atomic mass is 19.1. The summed E-state index contributed by atoms with van der Waals surface area (Å²) in [7, 11) is 0. The van der Waals surface area contributed by atoms with Gasteiger partial charge in [0.1, 0.15) is 5.82 Å². The summed E-state index contributed by atoms with van der Waals surface area (Å²) < 4.78 is 27.7. The van der Waals surface area contributed by atoms with Crippen LogP contribution in [0, 0.1) is 24.0 Å². The molecule has 92 valence electrons. The van der Waals surface area contributed by atoms with Gasteiger partial charge in [0.15, 0.2) is 5.82 Å². The fourth-order valence-corrected chi connectivity index (χ4v) is 2.12. The summed E-state index contributed by atoms with van der Waals surface area (Å²) in [6, 6.07) is 4.08. The molecule has 1 nitrogen and oxygen atoms in total. The average Bonchev–Trinajstić information content (AvgIpc) is 2.33. The molecule has 0 heterocycles. The van der Waals surface area contributed by atoms with Gasteiger partial charge in [0.25, 0.3) is 0 Å². The van der Waals surface area contributed by atoms with E-state index >= 15 is 0 Å². The number of nitrogen functional groups attached to an aromatic ring is 1. The number of nitrogens with two attached hydrogens (primary N) is 1. The zero-order chi connectivity index (χ0) is 13.4. The van der Waals surface area contributed by atoms with E-state index in [1.807, 2.05) is 13.8 Å². The normalized spacial score (nSPS) is 10.9. The maximum Gasteiger partial charge on any atom is 0.153 e. The van der Waals surface area contributed by atoms with Crippen LogP contribution in [0.2, 0.25) is 0 Å². The molecule has 0 atom stereocenters. The fourth-order valence-electron chi connectivity index (χ4n) is 2.12. The number of benzene rings is 2. The quantitative estimate of drug-likeness (QED) is 0.600. The number of hydrogen-bond acceptors (Lipinski definition) is 1. The minimum Gasteiger partial charge on any atom is -0.396 e. The smallest absolute Gasteiger partial charge is 0.153 e. The number of halogens is 2. The third-order valence-corrected chi connectivity index (χ3v) is 3.01. The van der Waals surface area contributed by atoms with Gasteiger partial charge in [-0.3, -0.25) is 0 Å². The molecule has 0 saturated heterocycles. The van der Waals surface area contributed by atoms with E-state index < -0.39 is 11.6 Å². The number of terminal acetylenes is 1. The highest BCUT2D eigenvalue weighted by Gasteiger charge is 2.17. The molecule has 0 spiro atoms. The molecule has 0 fully saturated rings. The zero-order valence-corrected chi connectivity index (χ0v) is 10.2. The van der Waals surface area contributed by atoms with Crippen molar-refractivity contribution in [3.63, 3.8) is 0 Å². The Bertz CT molecular complexity index is 666. The minimum atomic E-state index is -0.550. The lowest BCUT2D eigenvalue weighted by Gasteiger charge is -2.14. The Morgan fingerprint density at radius 3 is 2.50 bits per heavy atom. The van der Waals surface area contributed by atoms with Gasteiger partial charge in [-0.2, -0.15) is 0 Å². The van der Waals surface area contributed by atoms with Crippen molar-refractivity contribution in [2.75, 3.05) is 5.73 Å². The molecule has 0 aliphatic carbocycles. The van der Waals surface area contributed by atoms with Crippen LogP contribution in [0.3, 0.4) is 0 Å². The largest absolute Gasteiger partial charge is 0.396 e. The van der Waals surface area contributed by atoms with Crippen LogP contribution in [0.25, 0.3) is 10.8 Å². The summed E-state index contributed by atoms with van der Waals surface area (Å²) in [6.07, 6.45) is 5.33. The van der Waals surface area contributed by atoms with Crippen molar-refractivity contribution in [1.29, 1.82) is 0 Å². The van der Waals surface area contributed by atoms with Crippen molar-refractivity contribution in [1.82, 2.24) is 0 Å². The number of fused-ring (bicyclic) bond motifs is 1. The zero-order valence-electron chi connectivity index (χ0n) is 10.2. The molecule has 0 aromatic heterocycles. The van der Waals surface area contributed by atoms with Gasteiger partial charge < -0.3 is 5.73 Å². The first-order valence-electron chi connectivity index (χ1n) is 5.64. The molecular formula is C15H13F2N. The lowest BCUT2D eigenvalue weighted by atomic mass is 9.91. The second kappa shape index (κ2) is 4.30. The monoisotopic (exact) mass is 245 g/mol. The van der Waals surface area contributed by atoms with E-state index in [9.17, 15) is 8.78 Å². The van der Waals surface area contributed by atoms with Crippen LogP contribution >= 0.6 is 0 Å². The molecule has 0 bridgehead atoms. The van der Waals surface area contributed by atoms with Gasteiger partial charge in [-0.1, -0.05) is 19.8 Å². The summed E-state index contributed by atoms with van der Waals surface area (Å²) in [5, 5.41) is 0.715. The third kappa shape index (κ3) is 1.70. The first-order chi connectivity index (χ1) is 8.47. The van der Waals surface area contributed by atoms with Crippen molar-refractivity contribution in [3.8, 4) is 12.3 Å². The van der Waals surface area contributed by atoms with Crippen molar-refractivity contribution in [2.24, 2.45) is 0 Å². The molecule has 2 aromatic rings. The molecule has 2 aromatic carbocycles. The highest BCUT2D eigenvalue weighted by molar-refractivity contribution is 5.94. The maximum absolute atomic E-state index is 14.0. The summed E-state index contributed by atoms with van der Waals surface area (Å²) in [5.74, 6) is 1.30. The Kier molecular flexibility index (Phi) is 2.96.